The molecule has 1 fully saturated rings. The molecule has 8 nitrogen and oxygen atoms in total. The van der Waals surface area contributed by atoms with Crippen LogP contribution in [0.2, 0.25) is 0 Å². The molecule has 34 heavy (non-hydrogen) atoms. The first kappa shape index (κ1) is 21.2. The standard InChI is InChI=1S/C26H28N4O4/c31-26(23-13-25-30(29-23)10-8-21(34-25)16-32-14-17-4-5-17)28-20-12-19-11-18(6-7-24(19)33-15-20)22-3-1-2-9-27-22/h1-3,6-7,9,11,13,17,20-21H,4-5,8,10,12,14-16H2,(H,28,31)/t20-,21?/m1/s1. The second-order valence-corrected chi connectivity index (χ2v) is 9.32. The van der Waals surface area contributed by atoms with Gasteiger partial charge in [0.2, 0.25) is 5.88 Å². The Labute approximate surface area is 198 Å². The van der Waals surface area contributed by atoms with E-state index in [0.29, 0.717) is 31.2 Å². The Morgan fingerprint density at radius 1 is 1.15 bits per heavy atom. The topological polar surface area (TPSA) is 87.5 Å². The van der Waals surface area contributed by atoms with E-state index in [-0.39, 0.29) is 18.1 Å². The molecular formula is C26H28N4O4. The van der Waals surface area contributed by atoms with Crippen molar-refractivity contribution < 1.29 is 19.0 Å². The van der Waals surface area contributed by atoms with E-state index in [0.717, 1.165) is 48.1 Å². The van der Waals surface area contributed by atoms with E-state index < -0.39 is 0 Å². The van der Waals surface area contributed by atoms with Crippen LogP contribution in [0.5, 0.6) is 11.6 Å². The minimum atomic E-state index is -0.218. The molecule has 3 aliphatic rings. The number of hydrogen-bond donors (Lipinski definition) is 1. The van der Waals surface area contributed by atoms with E-state index in [2.05, 4.69) is 21.5 Å². The number of fused-ring (bicyclic) bond motifs is 2. The van der Waals surface area contributed by atoms with Crippen LogP contribution in [-0.2, 0) is 17.7 Å². The molecule has 0 spiro atoms. The SMILES string of the molecule is O=C(N[C@H]1COc2ccc(-c3ccccn3)cc2C1)c1cc2n(n1)CCC(COCC1CC1)O2. The number of hydrogen-bond acceptors (Lipinski definition) is 6. The highest BCUT2D eigenvalue weighted by molar-refractivity contribution is 5.92. The molecule has 0 radical (unpaired) electrons. The van der Waals surface area contributed by atoms with E-state index in [1.807, 2.05) is 30.3 Å². The number of nitrogens with zero attached hydrogens (tertiary/aromatic N) is 3. The molecule has 2 aliphatic heterocycles. The Bertz CT molecular complexity index is 1170. The van der Waals surface area contributed by atoms with Gasteiger partial charge < -0.3 is 19.5 Å². The minimum absolute atomic E-state index is 0.00964. The summed E-state index contributed by atoms with van der Waals surface area (Å²) in [6, 6.07) is 13.5. The van der Waals surface area contributed by atoms with Gasteiger partial charge in [-0.3, -0.25) is 9.78 Å². The Morgan fingerprint density at radius 3 is 2.94 bits per heavy atom. The minimum Gasteiger partial charge on any atom is -0.491 e. The quantitative estimate of drug-likeness (QED) is 0.582. The summed E-state index contributed by atoms with van der Waals surface area (Å²) in [4.78, 5) is 17.4. The lowest BCUT2D eigenvalue weighted by atomic mass is 9.99. The fourth-order valence-corrected chi connectivity index (χ4v) is 4.47. The molecule has 3 aromatic rings. The van der Waals surface area contributed by atoms with Crippen LogP contribution in [-0.4, -0.2) is 52.6 Å². The van der Waals surface area contributed by atoms with Crippen LogP contribution in [0, 0.1) is 5.92 Å². The number of aromatic nitrogens is 3. The van der Waals surface area contributed by atoms with Crippen molar-refractivity contribution in [2.45, 2.75) is 44.4 Å². The lowest BCUT2D eigenvalue weighted by Gasteiger charge is -2.26. The number of carbonyl (C=O) groups is 1. The maximum absolute atomic E-state index is 12.9. The second kappa shape index (κ2) is 9.10. The van der Waals surface area contributed by atoms with Gasteiger partial charge in [0.25, 0.3) is 5.91 Å². The van der Waals surface area contributed by atoms with Crippen molar-refractivity contribution in [3.63, 3.8) is 0 Å². The fraction of sp³-hybridized carbons (Fsp3) is 0.423. The number of rotatable bonds is 7. The molecule has 6 rings (SSSR count). The third-order valence-corrected chi connectivity index (χ3v) is 6.54. The van der Waals surface area contributed by atoms with Gasteiger partial charge in [-0.1, -0.05) is 6.07 Å². The number of amides is 1. The first-order valence-corrected chi connectivity index (χ1v) is 12.0. The highest BCUT2D eigenvalue weighted by Crippen LogP contribution is 2.31. The second-order valence-electron chi connectivity index (χ2n) is 9.32. The molecular weight excluding hydrogens is 432 g/mol. The maximum atomic E-state index is 12.9. The molecule has 0 bridgehead atoms. The number of nitrogens with one attached hydrogen (secondary N) is 1. The van der Waals surface area contributed by atoms with Crippen molar-refractivity contribution in [1.29, 1.82) is 0 Å². The number of benzene rings is 1. The molecule has 2 atom stereocenters. The van der Waals surface area contributed by atoms with Crippen molar-refractivity contribution in [2.75, 3.05) is 19.8 Å². The largest absolute Gasteiger partial charge is 0.491 e. The average molecular weight is 461 g/mol. The van der Waals surface area contributed by atoms with Gasteiger partial charge in [0.1, 0.15) is 18.5 Å². The molecule has 1 unspecified atom stereocenters. The van der Waals surface area contributed by atoms with Crippen LogP contribution >= 0.6 is 0 Å². The lowest BCUT2D eigenvalue weighted by molar-refractivity contribution is 0.0221. The summed E-state index contributed by atoms with van der Waals surface area (Å²) >= 11 is 0. The maximum Gasteiger partial charge on any atom is 0.272 e. The zero-order valence-electron chi connectivity index (χ0n) is 19.0. The molecule has 8 heteroatoms. The summed E-state index contributed by atoms with van der Waals surface area (Å²) in [6.07, 6.45) is 5.86. The summed E-state index contributed by atoms with van der Waals surface area (Å²) in [7, 11) is 0. The fourth-order valence-electron chi connectivity index (χ4n) is 4.47. The highest BCUT2D eigenvalue weighted by Gasteiger charge is 2.28. The predicted molar refractivity (Wildman–Crippen MR) is 125 cm³/mol. The van der Waals surface area contributed by atoms with Crippen LogP contribution in [0.1, 0.15) is 35.3 Å². The van der Waals surface area contributed by atoms with Crippen LogP contribution in [0.4, 0.5) is 0 Å². The molecule has 1 N–H and O–H groups in total. The molecule has 176 valence electrons. The van der Waals surface area contributed by atoms with E-state index in [1.54, 1.807) is 16.9 Å². The van der Waals surface area contributed by atoms with Crippen molar-refractivity contribution >= 4 is 5.91 Å². The number of ether oxygens (including phenoxy) is 3. The zero-order valence-corrected chi connectivity index (χ0v) is 19.0. The summed E-state index contributed by atoms with van der Waals surface area (Å²) in [5, 5.41) is 7.53. The van der Waals surface area contributed by atoms with Crippen LogP contribution in [0.25, 0.3) is 11.3 Å². The Balaban J connectivity index is 1.08. The summed E-state index contributed by atoms with van der Waals surface area (Å²) in [5.41, 5.74) is 3.37. The van der Waals surface area contributed by atoms with Gasteiger partial charge >= 0.3 is 0 Å². The predicted octanol–water partition coefficient (Wildman–Crippen LogP) is 3.26. The normalized spacial score (nSPS) is 21.1. The summed E-state index contributed by atoms with van der Waals surface area (Å²) in [6.45, 7) is 2.55. The van der Waals surface area contributed by atoms with E-state index in [1.165, 1.54) is 12.8 Å². The van der Waals surface area contributed by atoms with E-state index in [4.69, 9.17) is 14.2 Å². The van der Waals surface area contributed by atoms with E-state index >= 15 is 0 Å². The van der Waals surface area contributed by atoms with Crippen molar-refractivity contribution in [3.8, 4) is 22.9 Å². The highest BCUT2D eigenvalue weighted by atomic mass is 16.5. The monoisotopic (exact) mass is 460 g/mol. The third-order valence-electron chi connectivity index (χ3n) is 6.54. The summed E-state index contributed by atoms with van der Waals surface area (Å²) < 4.78 is 19.5. The van der Waals surface area contributed by atoms with Crippen LogP contribution < -0.4 is 14.8 Å². The average Bonchev–Trinajstić information content (AvgIpc) is 3.59. The number of carbonyl (C=O) groups excluding carboxylic acids is 1. The van der Waals surface area contributed by atoms with Crippen molar-refractivity contribution in [2.24, 2.45) is 5.92 Å². The van der Waals surface area contributed by atoms with Gasteiger partial charge in [-0.05, 0) is 61.1 Å². The Morgan fingerprint density at radius 2 is 2.09 bits per heavy atom. The first-order chi connectivity index (χ1) is 16.7. The van der Waals surface area contributed by atoms with Gasteiger partial charge in [-0.2, -0.15) is 5.10 Å². The summed E-state index contributed by atoms with van der Waals surface area (Å²) in [5.74, 6) is 2.00. The van der Waals surface area contributed by atoms with Crippen LogP contribution in [0.15, 0.2) is 48.7 Å². The van der Waals surface area contributed by atoms with Crippen LogP contribution in [0.3, 0.4) is 0 Å². The van der Waals surface area contributed by atoms with Crippen molar-refractivity contribution in [3.05, 3.63) is 59.9 Å². The smallest absolute Gasteiger partial charge is 0.272 e. The molecule has 1 aromatic carbocycles. The van der Waals surface area contributed by atoms with Gasteiger partial charge in [0.15, 0.2) is 5.69 Å². The van der Waals surface area contributed by atoms with E-state index in [9.17, 15) is 4.79 Å². The Hall–Kier alpha value is -3.39. The van der Waals surface area contributed by atoms with Gasteiger partial charge in [-0.15, -0.1) is 0 Å². The first-order valence-electron chi connectivity index (χ1n) is 12.0. The number of aryl methyl sites for hydroxylation is 1. The van der Waals surface area contributed by atoms with Gasteiger partial charge in [-0.25, -0.2) is 4.68 Å². The zero-order chi connectivity index (χ0) is 22.9. The molecule has 2 aromatic heterocycles. The molecule has 1 amide bonds. The molecule has 1 aliphatic carbocycles. The molecule has 1 saturated carbocycles. The lowest BCUT2D eigenvalue weighted by Crippen LogP contribution is -2.42. The van der Waals surface area contributed by atoms with Gasteiger partial charge in [0, 0.05) is 37.4 Å². The Kier molecular flexibility index (Phi) is 5.66. The van der Waals surface area contributed by atoms with Gasteiger partial charge in [0.05, 0.1) is 18.3 Å². The number of pyridine rings is 1. The third kappa shape index (κ3) is 4.63. The molecule has 0 saturated heterocycles. The van der Waals surface area contributed by atoms with Crippen molar-refractivity contribution in [1.82, 2.24) is 20.1 Å². The molecule has 4 heterocycles.